The number of likely N-dealkylation sites (tertiary alicyclic amines) is 1. The SMILES string of the molecule is CCC(CNC(=O)c1cccc(Br)c1)N1CCCC1. The Morgan fingerprint density at radius 1 is 1.42 bits per heavy atom. The summed E-state index contributed by atoms with van der Waals surface area (Å²) < 4.78 is 0.937. The van der Waals surface area contributed by atoms with Crippen LogP contribution in [-0.2, 0) is 0 Å². The lowest BCUT2D eigenvalue weighted by molar-refractivity contribution is 0.0937. The Hall–Kier alpha value is -0.870. The molecule has 1 heterocycles. The number of carbonyl (C=O) groups excluding carboxylic acids is 1. The average Bonchev–Trinajstić information content (AvgIpc) is 2.93. The Balaban J connectivity index is 1.88. The largest absolute Gasteiger partial charge is 0.350 e. The first-order valence-electron chi connectivity index (χ1n) is 6.98. The van der Waals surface area contributed by atoms with Crippen LogP contribution in [-0.4, -0.2) is 36.5 Å². The van der Waals surface area contributed by atoms with Crippen LogP contribution in [0.1, 0.15) is 36.5 Å². The molecule has 0 radical (unpaired) electrons. The molecule has 104 valence electrons. The Labute approximate surface area is 123 Å². The van der Waals surface area contributed by atoms with Crippen LogP contribution in [0.5, 0.6) is 0 Å². The first kappa shape index (κ1) is 14.5. The molecule has 19 heavy (non-hydrogen) atoms. The Bertz CT molecular complexity index is 430. The van der Waals surface area contributed by atoms with Gasteiger partial charge in [0, 0.05) is 22.6 Å². The number of benzene rings is 1. The summed E-state index contributed by atoms with van der Waals surface area (Å²) in [5.74, 6) is 0.0129. The fourth-order valence-electron chi connectivity index (χ4n) is 2.58. The molecule has 0 aromatic heterocycles. The van der Waals surface area contributed by atoms with E-state index < -0.39 is 0 Å². The monoisotopic (exact) mass is 324 g/mol. The smallest absolute Gasteiger partial charge is 0.251 e. The van der Waals surface area contributed by atoms with Crippen LogP contribution in [0.3, 0.4) is 0 Å². The summed E-state index contributed by atoms with van der Waals surface area (Å²) in [4.78, 5) is 14.6. The molecule has 1 saturated heterocycles. The zero-order chi connectivity index (χ0) is 13.7. The van der Waals surface area contributed by atoms with Crippen LogP contribution >= 0.6 is 15.9 Å². The molecule has 0 spiro atoms. The van der Waals surface area contributed by atoms with Crippen LogP contribution < -0.4 is 5.32 Å². The average molecular weight is 325 g/mol. The second kappa shape index (κ2) is 7.06. The fourth-order valence-corrected chi connectivity index (χ4v) is 2.98. The number of halogens is 1. The molecule has 0 bridgehead atoms. The van der Waals surface area contributed by atoms with Gasteiger partial charge in [-0.15, -0.1) is 0 Å². The summed E-state index contributed by atoms with van der Waals surface area (Å²) in [5.41, 5.74) is 0.714. The minimum Gasteiger partial charge on any atom is -0.350 e. The van der Waals surface area contributed by atoms with Crippen molar-refractivity contribution in [2.45, 2.75) is 32.2 Å². The molecular weight excluding hydrogens is 304 g/mol. The topological polar surface area (TPSA) is 32.3 Å². The molecular formula is C15H21BrN2O. The zero-order valence-corrected chi connectivity index (χ0v) is 12.9. The minimum atomic E-state index is 0.0129. The van der Waals surface area contributed by atoms with E-state index in [1.54, 1.807) is 0 Å². The normalized spacial score (nSPS) is 17.4. The van der Waals surface area contributed by atoms with E-state index in [0.717, 1.165) is 17.4 Å². The van der Waals surface area contributed by atoms with Crippen LogP contribution in [0, 0.1) is 0 Å². The molecule has 0 saturated carbocycles. The van der Waals surface area contributed by atoms with Crippen molar-refractivity contribution < 1.29 is 4.79 Å². The van der Waals surface area contributed by atoms with Crippen molar-refractivity contribution in [1.82, 2.24) is 10.2 Å². The predicted octanol–water partition coefficient (Wildman–Crippen LogP) is 3.05. The maximum Gasteiger partial charge on any atom is 0.251 e. The van der Waals surface area contributed by atoms with Gasteiger partial charge >= 0.3 is 0 Å². The number of hydrogen-bond acceptors (Lipinski definition) is 2. The highest BCUT2D eigenvalue weighted by Gasteiger charge is 2.20. The molecule has 1 unspecified atom stereocenters. The first-order chi connectivity index (χ1) is 9.20. The molecule has 1 N–H and O–H groups in total. The zero-order valence-electron chi connectivity index (χ0n) is 11.4. The van der Waals surface area contributed by atoms with Gasteiger partial charge in [-0.05, 0) is 50.6 Å². The van der Waals surface area contributed by atoms with E-state index in [1.807, 2.05) is 24.3 Å². The van der Waals surface area contributed by atoms with Gasteiger partial charge in [-0.2, -0.15) is 0 Å². The molecule has 2 rings (SSSR count). The second-order valence-electron chi connectivity index (χ2n) is 5.03. The van der Waals surface area contributed by atoms with Gasteiger partial charge in [0.05, 0.1) is 0 Å². The van der Waals surface area contributed by atoms with Crippen molar-refractivity contribution in [2.24, 2.45) is 0 Å². The van der Waals surface area contributed by atoms with Crippen molar-refractivity contribution >= 4 is 21.8 Å². The lowest BCUT2D eigenvalue weighted by Gasteiger charge is -2.26. The van der Waals surface area contributed by atoms with E-state index in [2.05, 4.69) is 33.1 Å². The number of nitrogens with one attached hydrogen (secondary N) is 1. The van der Waals surface area contributed by atoms with E-state index in [1.165, 1.54) is 25.9 Å². The van der Waals surface area contributed by atoms with Crippen LogP contribution in [0.4, 0.5) is 0 Å². The van der Waals surface area contributed by atoms with Gasteiger partial charge in [-0.25, -0.2) is 0 Å². The summed E-state index contributed by atoms with van der Waals surface area (Å²) in [6.45, 7) is 5.27. The van der Waals surface area contributed by atoms with E-state index in [0.29, 0.717) is 11.6 Å². The number of rotatable bonds is 5. The highest BCUT2D eigenvalue weighted by molar-refractivity contribution is 9.10. The lowest BCUT2D eigenvalue weighted by Crippen LogP contribution is -2.42. The Kier molecular flexibility index (Phi) is 5.40. The van der Waals surface area contributed by atoms with Gasteiger partial charge in [0.1, 0.15) is 0 Å². The summed E-state index contributed by atoms with van der Waals surface area (Å²) >= 11 is 3.39. The molecule has 1 aromatic carbocycles. The van der Waals surface area contributed by atoms with Gasteiger partial charge in [0.15, 0.2) is 0 Å². The molecule has 1 aliphatic rings. The quantitative estimate of drug-likeness (QED) is 0.902. The van der Waals surface area contributed by atoms with Crippen molar-refractivity contribution in [1.29, 1.82) is 0 Å². The third-order valence-corrected chi connectivity index (χ3v) is 4.21. The second-order valence-corrected chi connectivity index (χ2v) is 5.94. The molecule has 1 aromatic rings. The molecule has 3 nitrogen and oxygen atoms in total. The van der Waals surface area contributed by atoms with Crippen LogP contribution in [0.2, 0.25) is 0 Å². The fraction of sp³-hybridized carbons (Fsp3) is 0.533. The summed E-state index contributed by atoms with van der Waals surface area (Å²) in [5, 5.41) is 3.05. The van der Waals surface area contributed by atoms with Crippen LogP contribution in [0.15, 0.2) is 28.7 Å². The van der Waals surface area contributed by atoms with Gasteiger partial charge in [0.25, 0.3) is 5.91 Å². The lowest BCUT2D eigenvalue weighted by atomic mass is 10.1. The van der Waals surface area contributed by atoms with Gasteiger partial charge in [-0.1, -0.05) is 28.9 Å². The van der Waals surface area contributed by atoms with E-state index in [9.17, 15) is 4.79 Å². The molecule has 1 atom stereocenters. The Morgan fingerprint density at radius 2 is 2.16 bits per heavy atom. The predicted molar refractivity (Wildman–Crippen MR) is 81.4 cm³/mol. The highest BCUT2D eigenvalue weighted by Crippen LogP contribution is 2.14. The van der Waals surface area contributed by atoms with Gasteiger partial charge < -0.3 is 5.32 Å². The first-order valence-corrected chi connectivity index (χ1v) is 7.78. The van der Waals surface area contributed by atoms with E-state index in [-0.39, 0.29) is 5.91 Å². The van der Waals surface area contributed by atoms with Crippen molar-refractivity contribution in [3.05, 3.63) is 34.3 Å². The molecule has 4 heteroatoms. The third-order valence-electron chi connectivity index (χ3n) is 3.71. The maximum atomic E-state index is 12.1. The number of hydrogen-bond donors (Lipinski definition) is 1. The Morgan fingerprint density at radius 3 is 2.79 bits per heavy atom. The minimum absolute atomic E-state index is 0.0129. The molecule has 1 aliphatic heterocycles. The van der Waals surface area contributed by atoms with Crippen molar-refractivity contribution in [3.63, 3.8) is 0 Å². The van der Waals surface area contributed by atoms with Crippen LogP contribution in [0.25, 0.3) is 0 Å². The maximum absolute atomic E-state index is 12.1. The highest BCUT2D eigenvalue weighted by atomic mass is 79.9. The summed E-state index contributed by atoms with van der Waals surface area (Å²) in [7, 11) is 0. The third kappa shape index (κ3) is 4.05. The van der Waals surface area contributed by atoms with Gasteiger partial charge in [0.2, 0.25) is 0 Å². The van der Waals surface area contributed by atoms with Gasteiger partial charge in [-0.3, -0.25) is 9.69 Å². The summed E-state index contributed by atoms with van der Waals surface area (Å²) in [6, 6.07) is 7.98. The van der Waals surface area contributed by atoms with E-state index >= 15 is 0 Å². The number of amides is 1. The van der Waals surface area contributed by atoms with E-state index in [4.69, 9.17) is 0 Å². The molecule has 1 fully saturated rings. The molecule has 0 aliphatic carbocycles. The standard InChI is InChI=1S/C15H21BrN2O/c1-2-14(18-8-3-4-9-18)11-17-15(19)12-6-5-7-13(16)10-12/h5-7,10,14H,2-4,8-9,11H2,1H3,(H,17,19). The van der Waals surface area contributed by atoms with Crippen molar-refractivity contribution in [2.75, 3.05) is 19.6 Å². The van der Waals surface area contributed by atoms with Crippen molar-refractivity contribution in [3.8, 4) is 0 Å². The summed E-state index contributed by atoms with van der Waals surface area (Å²) in [6.07, 6.45) is 3.66. The molecule has 1 amide bonds. The number of carbonyl (C=O) groups is 1. The number of nitrogens with zero attached hydrogens (tertiary/aromatic N) is 1.